The number of aromatic nitrogens is 4. The molecule has 0 fully saturated rings. The number of nitrogens with zero attached hydrogens (tertiary/aromatic N) is 4. The predicted molar refractivity (Wildman–Crippen MR) is 101 cm³/mol. The minimum atomic E-state index is -3.78. The van der Waals surface area contributed by atoms with Crippen LogP contribution in [0.2, 0.25) is 0 Å². The first-order chi connectivity index (χ1) is 12.7. The van der Waals surface area contributed by atoms with Gasteiger partial charge in [-0.15, -0.1) is 0 Å². The minimum Gasteiger partial charge on any atom is -0.276 e. The Morgan fingerprint density at radius 1 is 1.07 bits per heavy atom. The second kappa shape index (κ2) is 7.15. The van der Waals surface area contributed by atoms with Gasteiger partial charge in [0.15, 0.2) is 0 Å². The van der Waals surface area contributed by atoms with Crippen LogP contribution in [0, 0.1) is 26.6 Å². The van der Waals surface area contributed by atoms with Crippen LogP contribution >= 0.6 is 0 Å². The first-order valence-corrected chi connectivity index (χ1v) is 10.0. The van der Waals surface area contributed by atoms with E-state index in [1.165, 1.54) is 18.3 Å². The molecule has 0 bridgehead atoms. The van der Waals surface area contributed by atoms with Crippen molar-refractivity contribution >= 4 is 15.7 Å². The maximum absolute atomic E-state index is 13.1. The van der Waals surface area contributed by atoms with E-state index in [0.717, 1.165) is 5.56 Å². The molecule has 0 aliphatic carbocycles. The van der Waals surface area contributed by atoms with E-state index in [0.29, 0.717) is 35.9 Å². The summed E-state index contributed by atoms with van der Waals surface area (Å²) in [5, 5.41) is 8.53. The molecule has 2 aromatic heterocycles. The van der Waals surface area contributed by atoms with E-state index in [9.17, 15) is 12.8 Å². The van der Waals surface area contributed by atoms with Crippen molar-refractivity contribution in [2.75, 3.05) is 4.72 Å². The summed E-state index contributed by atoms with van der Waals surface area (Å²) in [5.41, 5.74) is 3.15. The molecule has 9 heteroatoms. The highest BCUT2D eigenvalue weighted by molar-refractivity contribution is 7.92. The third kappa shape index (κ3) is 3.73. The summed E-state index contributed by atoms with van der Waals surface area (Å²) < 4.78 is 44.7. The molecule has 0 atom stereocenters. The molecule has 3 aromatic rings. The zero-order chi connectivity index (χ0) is 19.8. The van der Waals surface area contributed by atoms with Gasteiger partial charge in [-0.2, -0.15) is 10.2 Å². The lowest BCUT2D eigenvalue weighted by Gasteiger charge is -2.09. The summed E-state index contributed by atoms with van der Waals surface area (Å²) in [7, 11) is -3.78. The van der Waals surface area contributed by atoms with Gasteiger partial charge in [0.05, 0.1) is 35.5 Å². The Balaban J connectivity index is 1.90. The van der Waals surface area contributed by atoms with Crippen molar-refractivity contribution < 1.29 is 12.8 Å². The van der Waals surface area contributed by atoms with Crippen LogP contribution in [-0.2, 0) is 23.1 Å². The fourth-order valence-corrected chi connectivity index (χ4v) is 4.32. The third-order valence-electron chi connectivity index (χ3n) is 4.51. The van der Waals surface area contributed by atoms with Gasteiger partial charge in [0.1, 0.15) is 10.7 Å². The number of halogens is 1. The van der Waals surface area contributed by atoms with Crippen molar-refractivity contribution in [3.8, 4) is 0 Å². The molecule has 3 rings (SSSR count). The second-order valence-corrected chi connectivity index (χ2v) is 8.00. The van der Waals surface area contributed by atoms with Crippen LogP contribution in [0.5, 0.6) is 0 Å². The highest BCUT2D eigenvalue weighted by Crippen LogP contribution is 2.25. The molecule has 0 radical (unpaired) electrons. The maximum atomic E-state index is 13.1. The molecule has 2 heterocycles. The topological polar surface area (TPSA) is 81.8 Å². The molecule has 0 aliphatic rings. The number of anilines is 1. The van der Waals surface area contributed by atoms with Crippen LogP contribution < -0.4 is 4.72 Å². The van der Waals surface area contributed by atoms with E-state index in [4.69, 9.17) is 0 Å². The fraction of sp³-hybridized carbons (Fsp3) is 0.333. The normalized spacial score (nSPS) is 11.7. The molecule has 144 valence electrons. The molecule has 1 aromatic carbocycles. The molecule has 0 saturated carbocycles. The number of hydrogen-bond donors (Lipinski definition) is 1. The van der Waals surface area contributed by atoms with E-state index in [1.54, 1.807) is 42.3 Å². The Kier molecular flexibility index (Phi) is 5.05. The van der Waals surface area contributed by atoms with E-state index in [2.05, 4.69) is 14.9 Å². The predicted octanol–water partition coefficient (Wildman–Crippen LogP) is 3.01. The Morgan fingerprint density at radius 2 is 1.74 bits per heavy atom. The van der Waals surface area contributed by atoms with Crippen molar-refractivity contribution in [1.82, 2.24) is 19.6 Å². The Morgan fingerprint density at radius 3 is 2.33 bits per heavy atom. The molecule has 0 spiro atoms. The van der Waals surface area contributed by atoms with Crippen LogP contribution in [0.3, 0.4) is 0 Å². The zero-order valence-electron chi connectivity index (χ0n) is 15.7. The van der Waals surface area contributed by atoms with Gasteiger partial charge < -0.3 is 0 Å². The van der Waals surface area contributed by atoms with Gasteiger partial charge in [-0.25, -0.2) is 12.8 Å². The summed E-state index contributed by atoms with van der Waals surface area (Å²) in [5.74, 6) is -0.302. The lowest BCUT2D eigenvalue weighted by molar-refractivity contribution is 0.598. The van der Waals surface area contributed by atoms with Gasteiger partial charge in [-0.1, -0.05) is 12.1 Å². The Labute approximate surface area is 157 Å². The van der Waals surface area contributed by atoms with Gasteiger partial charge in [0, 0.05) is 6.54 Å². The lowest BCUT2D eigenvalue weighted by atomic mass is 10.2. The number of aryl methyl sites for hydroxylation is 2. The Bertz CT molecular complexity index is 1070. The highest BCUT2D eigenvalue weighted by atomic mass is 32.2. The Hall–Kier alpha value is -2.68. The first-order valence-electron chi connectivity index (χ1n) is 8.56. The number of rotatable bonds is 6. The van der Waals surface area contributed by atoms with Crippen molar-refractivity contribution in [1.29, 1.82) is 0 Å². The zero-order valence-corrected chi connectivity index (χ0v) is 16.5. The summed E-state index contributed by atoms with van der Waals surface area (Å²) >= 11 is 0. The molecule has 0 aliphatic heterocycles. The van der Waals surface area contributed by atoms with Crippen molar-refractivity contribution in [3.05, 3.63) is 58.9 Å². The summed E-state index contributed by atoms with van der Waals surface area (Å²) in [4.78, 5) is 0.148. The van der Waals surface area contributed by atoms with Gasteiger partial charge in [-0.3, -0.25) is 14.1 Å². The van der Waals surface area contributed by atoms with Crippen molar-refractivity contribution in [2.24, 2.45) is 0 Å². The molecular weight excluding hydrogens is 369 g/mol. The van der Waals surface area contributed by atoms with Gasteiger partial charge in [0.2, 0.25) is 0 Å². The molecule has 27 heavy (non-hydrogen) atoms. The first kappa shape index (κ1) is 19.1. The van der Waals surface area contributed by atoms with Gasteiger partial charge in [-0.05, 0) is 45.4 Å². The maximum Gasteiger partial charge on any atom is 0.265 e. The van der Waals surface area contributed by atoms with E-state index in [1.807, 2.05) is 6.92 Å². The number of sulfonamides is 1. The number of hydrogen-bond acceptors (Lipinski definition) is 4. The quantitative estimate of drug-likeness (QED) is 0.700. The lowest BCUT2D eigenvalue weighted by Crippen LogP contribution is -2.15. The van der Waals surface area contributed by atoms with Crippen LogP contribution in [0.4, 0.5) is 10.1 Å². The molecule has 0 amide bonds. The smallest absolute Gasteiger partial charge is 0.265 e. The summed E-state index contributed by atoms with van der Waals surface area (Å²) in [6.07, 6.45) is 1.36. The van der Waals surface area contributed by atoms with E-state index < -0.39 is 10.0 Å². The fourth-order valence-electron chi connectivity index (χ4n) is 2.96. The molecule has 0 saturated heterocycles. The van der Waals surface area contributed by atoms with Gasteiger partial charge in [0.25, 0.3) is 10.0 Å². The van der Waals surface area contributed by atoms with Crippen LogP contribution in [0.25, 0.3) is 0 Å². The number of nitrogens with one attached hydrogen (secondary N) is 1. The summed E-state index contributed by atoms with van der Waals surface area (Å²) in [6, 6.07) is 6.13. The average Bonchev–Trinajstić information content (AvgIpc) is 3.12. The van der Waals surface area contributed by atoms with Gasteiger partial charge >= 0.3 is 0 Å². The molecule has 7 nitrogen and oxygen atoms in total. The molecule has 0 unspecified atom stereocenters. The van der Waals surface area contributed by atoms with Crippen LogP contribution in [0.1, 0.15) is 29.6 Å². The third-order valence-corrected chi connectivity index (χ3v) is 5.96. The van der Waals surface area contributed by atoms with Crippen molar-refractivity contribution in [3.63, 3.8) is 0 Å². The minimum absolute atomic E-state index is 0.148. The molecule has 1 N–H and O–H groups in total. The van der Waals surface area contributed by atoms with Crippen molar-refractivity contribution in [2.45, 2.75) is 45.7 Å². The highest BCUT2D eigenvalue weighted by Gasteiger charge is 2.24. The monoisotopic (exact) mass is 391 g/mol. The molecular formula is C18H22FN5O2S. The standard InChI is InChI=1S/C18H22FN5O2S/c1-5-23-13(3)17(10-20-23)27(25,26)22-18-12(2)21-24(14(18)4)11-15-6-8-16(19)9-7-15/h6-10,22H,5,11H2,1-4H3. The average molecular weight is 391 g/mol. The second-order valence-electron chi connectivity index (χ2n) is 6.35. The summed E-state index contributed by atoms with van der Waals surface area (Å²) in [6.45, 7) is 8.18. The van der Waals surface area contributed by atoms with E-state index in [-0.39, 0.29) is 10.7 Å². The van der Waals surface area contributed by atoms with Crippen LogP contribution in [-0.4, -0.2) is 28.0 Å². The van der Waals surface area contributed by atoms with Crippen LogP contribution in [0.15, 0.2) is 35.4 Å². The van der Waals surface area contributed by atoms with E-state index >= 15 is 0 Å². The SMILES string of the molecule is CCn1ncc(S(=O)(=O)Nc2c(C)nn(Cc3ccc(F)cc3)c2C)c1C. The number of benzene rings is 1. The largest absolute Gasteiger partial charge is 0.276 e.